The molecular formula is C22H27ClN4O. The summed E-state index contributed by atoms with van der Waals surface area (Å²) in [6, 6.07) is 18.6. The fraction of sp³-hybridized carbons (Fsp3) is 0.364. The number of imidazole rings is 1. The van der Waals surface area contributed by atoms with Crippen LogP contribution in [0, 0.1) is 5.92 Å². The average molecular weight is 399 g/mol. The Morgan fingerprint density at radius 3 is 2.71 bits per heavy atom. The van der Waals surface area contributed by atoms with Gasteiger partial charge >= 0.3 is 0 Å². The van der Waals surface area contributed by atoms with Crippen molar-refractivity contribution in [3.8, 4) is 5.69 Å². The topological polar surface area (TPSA) is 58.9 Å². The van der Waals surface area contributed by atoms with Crippen molar-refractivity contribution in [2.24, 2.45) is 5.92 Å². The minimum atomic E-state index is 0. The molecule has 0 saturated carbocycles. The van der Waals surface area contributed by atoms with Gasteiger partial charge in [0.15, 0.2) is 0 Å². The standard InChI is InChI=1S/C22H26N4O.ClH/c1-16-15-23-14-13-18(16)25-22(27)12-11-21-24-19-9-5-6-10-20(19)26(21)17-7-3-2-4-8-17;/h2-10,16,18,23H,11-15H2,1H3,(H,25,27);1H. The molecule has 2 aromatic carbocycles. The van der Waals surface area contributed by atoms with E-state index in [4.69, 9.17) is 4.98 Å². The van der Waals surface area contributed by atoms with E-state index in [0.717, 1.165) is 42.1 Å². The van der Waals surface area contributed by atoms with Crippen LogP contribution in [0.4, 0.5) is 0 Å². The van der Waals surface area contributed by atoms with Crippen LogP contribution in [0.15, 0.2) is 54.6 Å². The molecule has 2 heterocycles. The molecule has 3 aromatic rings. The van der Waals surface area contributed by atoms with E-state index in [1.807, 2.05) is 36.4 Å². The third-order valence-electron chi connectivity index (χ3n) is 5.35. The van der Waals surface area contributed by atoms with E-state index < -0.39 is 0 Å². The van der Waals surface area contributed by atoms with Crippen molar-refractivity contribution < 1.29 is 4.79 Å². The van der Waals surface area contributed by atoms with Crippen LogP contribution in [-0.2, 0) is 11.2 Å². The monoisotopic (exact) mass is 398 g/mol. The molecule has 1 amide bonds. The van der Waals surface area contributed by atoms with Gasteiger partial charge in [-0.2, -0.15) is 0 Å². The fourth-order valence-electron chi connectivity index (χ4n) is 3.84. The van der Waals surface area contributed by atoms with Crippen LogP contribution in [-0.4, -0.2) is 34.6 Å². The summed E-state index contributed by atoms with van der Waals surface area (Å²) in [6.45, 7) is 4.12. The predicted molar refractivity (Wildman–Crippen MR) is 115 cm³/mol. The SMILES string of the molecule is CC1CNCCC1NC(=O)CCc1nc2ccccc2n1-c1ccccc1.Cl. The summed E-state index contributed by atoms with van der Waals surface area (Å²) in [5.41, 5.74) is 3.11. The van der Waals surface area contributed by atoms with Gasteiger partial charge in [0.25, 0.3) is 0 Å². The van der Waals surface area contributed by atoms with E-state index in [9.17, 15) is 4.79 Å². The number of nitrogens with zero attached hydrogens (tertiary/aromatic N) is 2. The lowest BCUT2D eigenvalue weighted by atomic mass is 9.95. The summed E-state index contributed by atoms with van der Waals surface area (Å²) in [5.74, 6) is 1.51. The van der Waals surface area contributed by atoms with Crippen LogP contribution >= 0.6 is 12.4 Å². The summed E-state index contributed by atoms with van der Waals surface area (Å²) in [5, 5.41) is 6.59. The first-order valence-corrected chi connectivity index (χ1v) is 9.74. The number of aromatic nitrogens is 2. The molecule has 1 saturated heterocycles. The Kier molecular flexibility index (Phi) is 6.70. The van der Waals surface area contributed by atoms with E-state index in [2.05, 4.69) is 40.3 Å². The normalized spacial score (nSPS) is 19.2. The highest BCUT2D eigenvalue weighted by Gasteiger charge is 2.22. The molecule has 28 heavy (non-hydrogen) atoms. The van der Waals surface area contributed by atoms with Crippen LogP contribution < -0.4 is 10.6 Å². The van der Waals surface area contributed by atoms with Gasteiger partial charge in [0.1, 0.15) is 5.82 Å². The number of hydrogen-bond acceptors (Lipinski definition) is 3. The van der Waals surface area contributed by atoms with Crippen molar-refractivity contribution in [3.05, 3.63) is 60.4 Å². The molecule has 2 unspecified atom stereocenters. The van der Waals surface area contributed by atoms with Crippen molar-refractivity contribution in [3.63, 3.8) is 0 Å². The zero-order valence-corrected chi connectivity index (χ0v) is 16.9. The first-order chi connectivity index (χ1) is 13.2. The predicted octanol–water partition coefficient (Wildman–Crippen LogP) is 3.49. The number of aryl methyl sites for hydroxylation is 1. The number of nitrogens with one attached hydrogen (secondary N) is 2. The fourth-order valence-corrected chi connectivity index (χ4v) is 3.84. The number of hydrogen-bond donors (Lipinski definition) is 2. The lowest BCUT2D eigenvalue weighted by Crippen LogP contribution is -2.48. The quantitative estimate of drug-likeness (QED) is 0.691. The molecule has 1 aliphatic rings. The number of para-hydroxylation sites is 3. The highest BCUT2D eigenvalue weighted by Crippen LogP contribution is 2.22. The van der Waals surface area contributed by atoms with E-state index >= 15 is 0 Å². The number of benzene rings is 2. The summed E-state index contributed by atoms with van der Waals surface area (Å²) in [4.78, 5) is 17.3. The van der Waals surface area contributed by atoms with Gasteiger partial charge in [0.2, 0.25) is 5.91 Å². The molecule has 2 N–H and O–H groups in total. The largest absolute Gasteiger partial charge is 0.353 e. The van der Waals surface area contributed by atoms with Gasteiger partial charge in [0.05, 0.1) is 11.0 Å². The molecular weight excluding hydrogens is 372 g/mol. The number of halogens is 1. The van der Waals surface area contributed by atoms with E-state index in [1.54, 1.807) is 0 Å². The third kappa shape index (κ3) is 4.37. The second-order valence-electron chi connectivity index (χ2n) is 7.33. The minimum absolute atomic E-state index is 0. The molecule has 0 bridgehead atoms. The average Bonchev–Trinajstić information content (AvgIpc) is 3.07. The lowest BCUT2D eigenvalue weighted by Gasteiger charge is -2.30. The summed E-state index contributed by atoms with van der Waals surface area (Å²) < 4.78 is 2.16. The second-order valence-corrected chi connectivity index (χ2v) is 7.33. The van der Waals surface area contributed by atoms with Gasteiger partial charge in [-0.1, -0.05) is 37.3 Å². The molecule has 1 fully saturated rings. The molecule has 148 valence electrons. The number of carbonyl (C=O) groups is 1. The number of amides is 1. The van der Waals surface area contributed by atoms with Gasteiger partial charge in [-0.25, -0.2) is 4.98 Å². The molecule has 1 aromatic heterocycles. The smallest absolute Gasteiger partial charge is 0.220 e. The maximum atomic E-state index is 12.5. The molecule has 5 nitrogen and oxygen atoms in total. The number of rotatable bonds is 5. The van der Waals surface area contributed by atoms with Crippen molar-refractivity contribution in [2.45, 2.75) is 32.2 Å². The van der Waals surface area contributed by atoms with E-state index in [-0.39, 0.29) is 24.4 Å². The molecule has 2 atom stereocenters. The highest BCUT2D eigenvalue weighted by molar-refractivity contribution is 5.85. The molecule has 4 rings (SSSR count). The van der Waals surface area contributed by atoms with Crippen molar-refractivity contribution in [1.82, 2.24) is 20.2 Å². The number of carbonyl (C=O) groups excluding carboxylic acids is 1. The second kappa shape index (κ2) is 9.22. The first-order valence-electron chi connectivity index (χ1n) is 9.74. The highest BCUT2D eigenvalue weighted by atomic mass is 35.5. The van der Waals surface area contributed by atoms with Crippen LogP contribution in [0.3, 0.4) is 0 Å². The van der Waals surface area contributed by atoms with Crippen LogP contribution in [0.5, 0.6) is 0 Å². The Morgan fingerprint density at radius 2 is 1.93 bits per heavy atom. The summed E-state index contributed by atoms with van der Waals surface area (Å²) >= 11 is 0. The van der Waals surface area contributed by atoms with Gasteiger partial charge in [0, 0.05) is 24.6 Å². The van der Waals surface area contributed by atoms with Crippen molar-refractivity contribution in [1.29, 1.82) is 0 Å². The summed E-state index contributed by atoms with van der Waals surface area (Å²) in [6.07, 6.45) is 2.07. The molecule has 0 aliphatic carbocycles. The van der Waals surface area contributed by atoms with Crippen molar-refractivity contribution >= 4 is 29.3 Å². The first kappa shape index (κ1) is 20.4. The Labute approximate surface area is 172 Å². The Hall–Kier alpha value is -2.37. The van der Waals surface area contributed by atoms with E-state index in [1.165, 1.54) is 0 Å². The lowest BCUT2D eigenvalue weighted by molar-refractivity contribution is -0.122. The Balaban J connectivity index is 0.00000225. The minimum Gasteiger partial charge on any atom is -0.353 e. The van der Waals surface area contributed by atoms with Gasteiger partial charge in [-0.3, -0.25) is 9.36 Å². The zero-order valence-electron chi connectivity index (χ0n) is 16.1. The van der Waals surface area contributed by atoms with Crippen molar-refractivity contribution in [2.75, 3.05) is 13.1 Å². The third-order valence-corrected chi connectivity index (χ3v) is 5.35. The van der Waals surface area contributed by atoms with Gasteiger partial charge in [-0.15, -0.1) is 12.4 Å². The zero-order chi connectivity index (χ0) is 18.6. The Bertz CT molecular complexity index is 925. The molecule has 1 aliphatic heterocycles. The maximum absolute atomic E-state index is 12.5. The van der Waals surface area contributed by atoms with Crippen LogP contribution in [0.25, 0.3) is 16.7 Å². The molecule has 6 heteroatoms. The van der Waals surface area contributed by atoms with Gasteiger partial charge < -0.3 is 10.6 Å². The Morgan fingerprint density at radius 1 is 1.18 bits per heavy atom. The van der Waals surface area contributed by atoms with E-state index in [0.29, 0.717) is 18.8 Å². The van der Waals surface area contributed by atoms with Crippen LogP contribution in [0.2, 0.25) is 0 Å². The maximum Gasteiger partial charge on any atom is 0.220 e. The summed E-state index contributed by atoms with van der Waals surface area (Å²) in [7, 11) is 0. The molecule has 0 radical (unpaired) electrons. The number of piperidine rings is 1. The van der Waals surface area contributed by atoms with Gasteiger partial charge in [-0.05, 0) is 49.7 Å². The number of fused-ring (bicyclic) bond motifs is 1. The van der Waals surface area contributed by atoms with Crippen LogP contribution in [0.1, 0.15) is 25.6 Å². The molecule has 0 spiro atoms.